The van der Waals surface area contributed by atoms with Crippen LogP contribution in [0.15, 0.2) is 0 Å². The molecule has 0 unspecified atom stereocenters. The maximum absolute atomic E-state index is 10.2. The van der Waals surface area contributed by atoms with Gasteiger partial charge in [-0.3, -0.25) is 0 Å². The van der Waals surface area contributed by atoms with Gasteiger partial charge >= 0.3 is 11.9 Å². The standard InChI is InChI=1S/C5H8N2O4/c1-3(5(10)11)7(6)2-4(8)9/h2,6H2,1H3,(H-,8,9,10,11)/p+1. The summed E-state index contributed by atoms with van der Waals surface area (Å²) < 4.78 is 0.657. The van der Waals surface area contributed by atoms with Crippen molar-refractivity contribution in [1.82, 2.24) is 0 Å². The Morgan fingerprint density at radius 1 is 1.45 bits per heavy atom. The molecule has 0 radical (unpaired) electrons. The van der Waals surface area contributed by atoms with Gasteiger partial charge in [0, 0.05) is 6.92 Å². The number of aliphatic carboxylic acids is 2. The minimum Gasteiger partial charge on any atom is -0.476 e. The minimum atomic E-state index is -1.23. The van der Waals surface area contributed by atoms with E-state index in [1.54, 1.807) is 0 Å². The fraction of sp³-hybridized carbons (Fsp3) is 0.400. The van der Waals surface area contributed by atoms with Crippen molar-refractivity contribution < 1.29 is 24.5 Å². The quantitative estimate of drug-likeness (QED) is 0.202. The Labute approximate surface area is 62.5 Å². The Morgan fingerprint density at radius 3 is 2.18 bits per heavy atom. The molecule has 0 aromatic carbocycles. The first kappa shape index (κ1) is 9.41. The van der Waals surface area contributed by atoms with Gasteiger partial charge in [0.2, 0.25) is 0 Å². The van der Waals surface area contributed by atoms with E-state index in [1.165, 1.54) is 6.92 Å². The molecule has 0 spiro atoms. The van der Waals surface area contributed by atoms with Crippen LogP contribution in [0, 0.1) is 0 Å². The van der Waals surface area contributed by atoms with Crippen molar-refractivity contribution in [3.05, 3.63) is 0 Å². The van der Waals surface area contributed by atoms with Crippen LogP contribution in [0.5, 0.6) is 0 Å². The fourth-order valence-corrected chi connectivity index (χ4v) is 0.387. The molecule has 4 N–H and O–H groups in total. The number of nitrogens with two attached hydrogens (primary N) is 1. The van der Waals surface area contributed by atoms with Crippen molar-refractivity contribution in [3.63, 3.8) is 0 Å². The highest BCUT2D eigenvalue weighted by Crippen LogP contribution is 1.74. The van der Waals surface area contributed by atoms with Crippen molar-refractivity contribution in [2.45, 2.75) is 6.92 Å². The average molecular weight is 161 g/mol. The zero-order chi connectivity index (χ0) is 9.02. The van der Waals surface area contributed by atoms with Crippen LogP contribution in [0.1, 0.15) is 6.92 Å². The molecule has 0 aliphatic carbocycles. The van der Waals surface area contributed by atoms with Gasteiger partial charge in [0.15, 0.2) is 0 Å². The maximum Gasteiger partial charge on any atom is 0.398 e. The van der Waals surface area contributed by atoms with Gasteiger partial charge in [0.1, 0.15) is 0 Å². The van der Waals surface area contributed by atoms with E-state index in [-0.39, 0.29) is 5.71 Å². The molecular formula is C5H9N2O4+. The predicted octanol–water partition coefficient (Wildman–Crippen LogP) is -1.50. The number of rotatable bonds is 3. The van der Waals surface area contributed by atoms with E-state index < -0.39 is 18.5 Å². The minimum absolute atomic E-state index is 0.201. The highest BCUT2D eigenvalue weighted by atomic mass is 16.4. The average Bonchev–Trinajstić information content (AvgIpc) is 1.84. The lowest BCUT2D eigenvalue weighted by atomic mass is 10.4. The Kier molecular flexibility index (Phi) is 3.03. The smallest absolute Gasteiger partial charge is 0.398 e. The molecule has 0 rings (SSSR count). The maximum atomic E-state index is 10.2. The van der Waals surface area contributed by atoms with Crippen LogP contribution in [0.3, 0.4) is 0 Å². The third kappa shape index (κ3) is 3.19. The second-order valence-corrected chi connectivity index (χ2v) is 1.91. The first-order valence-corrected chi connectivity index (χ1v) is 2.76. The number of carboxylic acids is 2. The summed E-state index contributed by atoms with van der Waals surface area (Å²) in [7, 11) is 0. The molecule has 62 valence electrons. The zero-order valence-corrected chi connectivity index (χ0v) is 5.94. The second kappa shape index (κ2) is 3.55. The molecule has 0 aromatic rings. The summed E-state index contributed by atoms with van der Waals surface area (Å²) in [4.78, 5) is 20.2. The summed E-state index contributed by atoms with van der Waals surface area (Å²) in [5.41, 5.74) is -0.201. The number of hydrazone groups is 1. The van der Waals surface area contributed by atoms with E-state index in [0.717, 1.165) is 0 Å². The van der Waals surface area contributed by atoms with E-state index in [0.29, 0.717) is 4.68 Å². The van der Waals surface area contributed by atoms with Crippen molar-refractivity contribution >= 4 is 17.7 Å². The SMILES string of the molecule is CC(C(=O)O)=[N+](N)CC(=O)O. The van der Waals surface area contributed by atoms with E-state index in [9.17, 15) is 9.59 Å². The predicted molar refractivity (Wildman–Crippen MR) is 35.3 cm³/mol. The molecule has 0 heterocycles. The number of carboxylic acid groups (broad SMARTS) is 2. The highest BCUT2D eigenvalue weighted by molar-refractivity contribution is 6.32. The van der Waals surface area contributed by atoms with Gasteiger partial charge in [-0.1, -0.05) is 0 Å². The van der Waals surface area contributed by atoms with Crippen LogP contribution < -0.4 is 5.84 Å². The van der Waals surface area contributed by atoms with Crippen LogP contribution in [0.4, 0.5) is 0 Å². The molecule has 0 aromatic heterocycles. The van der Waals surface area contributed by atoms with Crippen LogP contribution in [-0.2, 0) is 9.59 Å². The van der Waals surface area contributed by atoms with Gasteiger partial charge in [-0.05, 0) is 0 Å². The fourth-order valence-electron chi connectivity index (χ4n) is 0.387. The van der Waals surface area contributed by atoms with Gasteiger partial charge in [-0.25, -0.2) is 15.4 Å². The second-order valence-electron chi connectivity index (χ2n) is 1.91. The number of carbonyl (C=O) groups is 2. The Hall–Kier alpha value is -1.59. The van der Waals surface area contributed by atoms with Crippen molar-refractivity contribution in [1.29, 1.82) is 0 Å². The number of nitrogens with zero attached hydrogens (tertiary/aromatic N) is 1. The largest absolute Gasteiger partial charge is 0.476 e. The molecule has 0 atom stereocenters. The van der Waals surface area contributed by atoms with Crippen LogP contribution in [-0.4, -0.2) is 39.1 Å². The van der Waals surface area contributed by atoms with E-state index in [2.05, 4.69) is 0 Å². The molecule has 0 amide bonds. The molecule has 0 aliphatic heterocycles. The molecule has 6 nitrogen and oxygen atoms in total. The van der Waals surface area contributed by atoms with Crippen LogP contribution >= 0.6 is 0 Å². The zero-order valence-electron chi connectivity index (χ0n) is 5.94. The number of hydrogen-bond donors (Lipinski definition) is 3. The Bertz CT molecular complexity index is 221. The summed E-state index contributed by atoms with van der Waals surface area (Å²) in [6.45, 7) is 0.712. The van der Waals surface area contributed by atoms with Gasteiger partial charge in [-0.2, -0.15) is 0 Å². The summed E-state index contributed by atoms with van der Waals surface area (Å²) in [5, 5.41) is 16.5. The van der Waals surface area contributed by atoms with Gasteiger partial charge in [0.25, 0.3) is 12.3 Å². The summed E-state index contributed by atoms with van der Waals surface area (Å²) in [6.07, 6.45) is 0. The molecule has 0 aliphatic rings. The summed E-state index contributed by atoms with van der Waals surface area (Å²) in [5.74, 6) is 2.65. The van der Waals surface area contributed by atoms with E-state index in [1.807, 2.05) is 0 Å². The Morgan fingerprint density at radius 2 is 1.91 bits per heavy atom. The van der Waals surface area contributed by atoms with Crippen LogP contribution in [0.2, 0.25) is 0 Å². The van der Waals surface area contributed by atoms with Crippen molar-refractivity contribution in [2.75, 3.05) is 6.54 Å². The first-order valence-electron chi connectivity index (χ1n) is 2.76. The first-order chi connectivity index (χ1) is 4.95. The lowest BCUT2D eigenvalue weighted by molar-refractivity contribution is -0.529. The molecule has 0 bridgehead atoms. The topological polar surface area (TPSA) is 104 Å². The van der Waals surface area contributed by atoms with Gasteiger partial charge in [0.05, 0.1) is 0 Å². The lowest BCUT2D eigenvalue weighted by Gasteiger charge is -1.92. The molecule has 0 saturated carbocycles. The molecule has 6 heteroatoms. The number of hydrogen-bond acceptors (Lipinski definition) is 3. The monoisotopic (exact) mass is 161 g/mol. The van der Waals surface area contributed by atoms with Crippen molar-refractivity contribution in [2.24, 2.45) is 5.84 Å². The normalized spacial score (nSPS) is 12.1. The van der Waals surface area contributed by atoms with Crippen molar-refractivity contribution in [3.8, 4) is 0 Å². The van der Waals surface area contributed by atoms with E-state index >= 15 is 0 Å². The van der Waals surface area contributed by atoms with E-state index in [4.69, 9.17) is 16.1 Å². The third-order valence-corrected chi connectivity index (χ3v) is 1.05. The molecule has 0 saturated heterocycles. The molecule has 0 fully saturated rings. The Balaban J connectivity index is 4.40. The summed E-state index contributed by atoms with van der Waals surface area (Å²) in [6, 6.07) is 0. The van der Waals surface area contributed by atoms with Gasteiger partial charge < -0.3 is 10.2 Å². The summed E-state index contributed by atoms with van der Waals surface area (Å²) >= 11 is 0. The van der Waals surface area contributed by atoms with Crippen LogP contribution in [0.25, 0.3) is 0 Å². The number of hydrazine groups is 1. The highest BCUT2D eigenvalue weighted by Gasteiger charge is 2.17. The third-order valence-electron chi connectivity index (χ3n) is 1.05. The lowest BCUT2D eigenvalue weighted by Crippen LogP contribution is -2.34. The molecular weight excluding hydrogens is 152 g/mol. The van der Waals surface area contributed by atoms with Gasteiger partial charge in [-0.15, -0.1) is 4.68 Å². The molecule has 11 heavy (non-hydrogen) atoms.